The van der Waals surface area contributed by atoms with Crippen LogP contribution in [0.1, 0.15) is 21.6 Å². The van der Waals surface area contributed by atoms with Crippen LogP contribution in [0.2, 0.25) is 0 Å². The average Bonchev–Trinajstić information content (AvgIpc) is 3.17. The Labute approximate surface area is 131 Å². The van der Waals surface area contributed by atoms with Crippen molar-refractivity contribution in [1.82, 2.24) is 10.3 Å². The van der Waals surface area contributed by atoms with E-state index in [4.69, 9.17) is 0 Å². The fourth-order valence-electron chi connectivity index (χ4n) is 1.87. The van der Waals surface area contributed by atoms with E-state index in [1.807, 2.05) is 48.7 Å². The van der Waals surface area contributed by atoms with Crippen LogP contribution >= 0.6 is 22.7 Å². The molecule has 1 aromatic carbocycles. The first kappa shape index (κ1) is 14.0. The van der Waals surface area contributed by atoms with Crippen molar-refractivity contribution >= 4 is 28.6 Å². The van der Waals surface area contributed by atoms with Gasteiger partial charge in [-0.1, -0.05) is 35.9 Å². The van der Waals surface area contributed by atoms with Crippen LogP contribution in [0.25, 0.3) is 9.88 Å². The highest BCUT2D eigenvalue weighted by Gasteiger charge is 2.11. The molecule has 0 radical (unpaired) electrons. The number of rotatable bonds is 4. The summed E-state index contributed by atoms with van der Waals surface area (Å²) in [5.74, 6) is -0.130. The second-order valence-corrected chi connectivity index (χ2v) is 6.49. The standard InChI is InChI=1S/C16H14N2OS2/c1-11-4-6-12(7-5-11)9-17-15(19)13-10-21-16(18-13)14-3-2-8-20-14/h2-8,10H,9H2,1H3,(H,17,19). The molecule has 106 valence electrons. The molecule has 0 aliphatic heterocycles. The van der Waals surface area contributed by atoms with Crippen molar-refractivity contribution in [2.24, 2.45) is 0 Å². The number of nitrogens with zero attached hydrogens (tertiary/aromatic N) is 1. The van der Waals surface area contributed by atoms with Gasteiger partial charge in [0.05, 0.1) is 4.88 Å². The van der Waals surface area contributed by atoms with Gasteiger partial charge in [0.2, 0.25) is 0 Å². The molecule has 1 N–H and O–H groups in total. The van der Waals surface area contributed by atoms with Gasteiger partial charge in [-0.25, -0.2) is 4.98 Å². The second-order valence-electron chi connectivity index (χ2n) is 4.68. The van der Waals surface area contributed by atoms with E-state index in [1.54, 1.807) is 16.7 Å². The van der Waals surface area contributed by atoms with Crippen molar-refractivity contribution in [3.05, 3.63) is 64.0 Å². The quantitative estimate of drug-likeness (QED) is 0.787. The van der Waals surface area contributed by atoms with Crippen LogP contribution in [0.5, 0.6) is 0 Å². The van der Waals surface area contributed by atoms with Crippen molar-refractivity contribution in [1.29, 1.82) is 0 Å². The van der Waals surface area contributed by atoms with Crippen molar-refractivity contribution in [2.45, 2.75) is 13.5 Å². The van der Waals surface area contributed by atoms with Crippen LogP contribution in [-0.2, 0) is 6.54 Å². The van der Waals surface area contributed by atoms with Crippen molar-refractivity contribution < 1.29 is 4.79 Å². The zero-order valence-electron chi connectivity index (χ0n) is 11.5. The zero-order chi connectivity index (χ0) is 14.7. The van der Waals surface area contributed by atoms with Gasteiger partial charge < -0.3 is 5.32 Å². The Hall–Kier alpha value is -1.98. The Balaban J connectivity index is 1.64. The van der Waals surface area contributed by atoms with E-state index < -0.39 is 0 Å². The van der Waals surface area contributed by atoms with E-state index in [2.05, 4.69) is 10.3 Å². The first-order valence-corrected chi connectivity index (χ1v) is 8.31. The highest BCUT2D eigenvalue weighted by Crippen LogP contribution is 2.27. The zero-order valence-corrected chi connectivity index (χ0v) is 13.1. The van der Waals surface area contributed by atoms with Crippen LogP contribution < -0.4 is 5.32 Å². The molecule has 21 heavy (non-hydrogen) atoms. The molecule has 3 aromatic rings. The maximum Gasteiger partial charge on any atom is 0.271 e. The van der Waals surface area contributed by atoms with Crippen LogP contribution in [0.3, 0.4) is 0 Å². The highest BCUT2D eigenvalue weighted by atomic mass is 32.1. The lowest BCUT2D eigenvalue weighted by atomic mass is 10.1. The Bertz CT molecular complexity index is 730. The minimum Gasteiger partial charge on any atom is -0.347 e. The normalized spacial score (nSPS) is 10.5. The van der Waals surface area contributed by atoms with Gasteiger partial charge in [0.15, 0.2) is 0 Å². The first-order chi connectivity index (χ1) is 10.2. The molecule has 2 heterocycles. The van der Waals surface area contributed by atoms with Crippen LogP contribution in [0.15, 0.2) is 47.2 Å². The van der Waals surface area contributed by atoms with E-state index in [0.717, 1.165) is 15.4 Å². The predicted octanol–water partition coefficient (Wildman–Crippen LogP) is 4.11. The highest BCUT2D eigenvalue weighted by molar-refractivity contribution is 7.20. The molecule has 5 heteroatoms. The number of carbonyl (C=O) groups is 1. The fourth-order valence-corrected chi connectivity index (χ4v) is 3.48. The first-order valence-electron chi connectivity index (χ1n) is 6.55. The number of aryl methyl sites for hydroxylation is 1. The lowest BCUT2D eigenvalue weighted by Crippen LogP contribution is -2.23. The summed E-state index contributed by atoms with van der Waals surface area (Å²) in [6.45, 7) is 2.56. The third-order valence-corrected chi connectivity index (χ3v) is 4.92. The summed E-state index contributed by atoms with van der Waals surface area (Å²) in [5.41, 5.74) is 2.78. The Morgan fingerprint density at radius 1 is 1.19 bits per heavy atom. The molecule has 2 aromatic heterocycles. The predicted molar refractivity (Wildman–Crippen MR) is 87.8 cm³/mol. The van der Waals surface area contributed by atoms with Gasteiger partial charge in [-0.15, -0.1) is 22.7 Å². The molecule has 0 unspecified atom stereocenters. The average molecular weight is 314 g/mol. The number of aromatic nitrogens is 1. The lowest BCUT2D eigenvalue weighted by Gasteiger charge is -2.03. The van der Waals surface area contributed by atoms with E-state index in [1.165, 1.54) is 16.9 Å². The Morgan fingerprint density at radius 3 is 2.71 bits per heavy atom. The number of amides is 1. The van der Waals surface area contributed by atoms with Crippen molar-refractivity contribution in [2.75, 3.05) is 0 Å². The number of nitrogens with one attached hydrogen (secondary N) is 1. The molecule has 3 nitrogen and oxygen atoms in total. The Kier molecular flexibility index (Phi) is 4.13. The summed E-state index contributed by atoms with van der Waals surface area (Å²) in [7, 11) is 0. The molecular weight excluding hydrogens is 300 g/mol. The maximum atomic E-state index is 12.1. The number of thiophene rings is 1. The van der Waals surface area contributed by atoms with Gasteiger partial charge in [-0.3, -0.25) is 4.79 Å². The van der Waals surface area contributed by atoms with Crippen molar-refractivity contribution in [3.63, 3.8) is 0 Å². The molecule has 0 saturated heterocycles. The fraction of sp³-hybridized carbons (Fsp3) is 0.125. The molecule has 0 fully saturated rings. The largest absolute Gasteiger partial charge is 0.347 e. The molecule has 3 rings (SSSR count). The van der Waals surface area contributed by atoms with Crippen LogP contribution in [0.4, 0.5) is 0 Å². The lowest BCUT2D eigenvalue weighted by molar-refractivity contribution is 0.0946. The SMILES string of the molecule is Cc1ccc(CNC(=O)c2csc(-c3cccs3)n2)cc1. The number of thiazole rings is 1. The van der Waals surface area contributed by atoms with Gasteiger partial charge in [-0.2, -0.15) is 0 Å². The third-order valence-electron chi connectivity index (χ3n) is 3.04. The molecule has 0 aliphatic rings. The molecule has 0 atom stereocenters. The van der Waals surface area contributed by atoms with Gasteiger partial charge in [0, 0.05) is 11.9 Å². The van der Waals surface area contributed by atoms with Gasteiger partial charge >= 0.3 is 0 Å². The molecule has 0 bridgehead atoms. The summed E-state index contributed by atoms with van der Waals surface area (Å²) >= 11 is 3.13. The van der Waals surface area contributed by atoms with E-state index in [9.17, 15) is 4.79 Å². The number of benzene rings is 1. The van der Waals surface area contributed by atoms with E-state index in [0.29, 0.717) is 12.2 Å². The van der Waals surface area contributed by atoms with E-state index in [-0.39, 0.29) is 5.91 Å². The van der Waals surface area contributed by atoms with Gasteiger partial charge in [-0.05, 0) is 23.9 Å². The smallest absolute Gasteiger partial charge is 0.271 e. The topological polar surface area (TPSA) is 42.0 Å². The van der Waals surface area contributed by atoms with Crippen LogP contribution in [0, 0.1) is 6.92 Å². The number of hydrogen-bond acceptors (Lipinski definition) is 4. The molecule has 1 amide bonds. The van der Waals surface area contributed by atoms with Gasteiger partial charge in [0.1, 0.15) is 10.7 Å². The minimum atomic E-state index is -0.130. The summed E-state index contributed by atoms with van der Waals surface area (Å²) in [5, 5.41) is 7.61. The summed E-state index contributed by atoms with van der Waals surface area (Å²) in [6.07, 6.45) is 0. The van der Waals surface area contributed by atoms with Crippen LogP contribution in [-0.4, -0.2) is 10.9 Å². The third kappa shape index (κ3) is 3.37. The maximum absolute atomic E-state index is 12.1. The molecule has 0 spiro atoms. The van der Waals surface area contributed by atoms with Crippen molar-refractivity contribution in [3.8, 4) is 9.88 Å². The monoisotopic (exact) mass is 314 g/mol. The number of hydrogen-bond donors (Lipinski definition) is 1. The van der Waals surface area contributed by atoms with E-state index >= 15 is 0 Å². The van der Waals surface area contributed by atoms with Gasteiger partial charge in [0.25, 0.3) is 5.91 Å². The molecule has 0 aliphatic carbocycles. The second kappa shape index (κ2) is 6.20. The summed E-state index contributed by atoms with van der Waals surface area (Å²) < 4.78 is 0. The number of carbonyl (C=O) groups excluding carboxylic acids is 1. The summed E-state index contributed by atoms with van der Waals surface area (Å²) in [4.78, 5) is 17.6. The molecule has 0 saturated carbocycles. The summed E-state index contributed by atoms with van der Waals surface area (Å²) in [6, 6.07) is 12.1. The minimum absolute atomic E-state index is 0.130. The Morgan fingerprint density at radius 2 is 2.00 bits per heavy atom. The molecular formula is C16H14N2OS2.